The Morgan fingerprint density at radius 2 is 2.00 bits per heavy atom. The predicted molar refractivity (Wildman–Crippen MR) is 82.2 cm³/mol. The number of hydrogen-bond donors (Lipinski definition) is 1. The SMILES string of the molecule is COc1ccc(Cl)cc1NC(=O)c1cc2ccccc2o1. The van der Waals surface area contributed by atoms with Crippen molar-refractivity contribution in [2.45, 2.75) is 0 Å². The van der Waals surface area contributed by atoms with Crippen LogP contribution in [0.5, 0.6) is 5.75 Å². The average molecular weight is 302 g/mol. The van der Waals surface area contributed by atoms with Gasteiger partial charge in [0, 0.05) is 10.4 Å². The van der Waals surface area contributed by atoms with Crippen LogP contribution in [-0.2, 0) is 0 Å². The molecule has 1 aromatic heterocycles. The molecule has 0 saturated carbocycles. The van der Waals surface area contributed by atoms with Crippen molar-refractivity contribution in [1.82, 2.24) is 0 Å². The van der Waals surface area contributed by atoms with E-state index in [2.05, 4.69) is 5.32 Å². The van der Waals surface area contributed by atoms with Crippen molar-refractivity contribution >= 4 is 34.2 Å². The predicted octanol–water partition coefficient (Wildman–Crippen LogP) is 4.35. The molecule has 21 heavy (non-hydrogen) atoms. The molecule has 0 unspecified atom stereocenters. The molecule has 106 valence electrons. The largest absolute Gasteiger partial charge is 0.495 e. The van der Waals surface area contributed by atoms with Gasteiger partial charge in [-0.05, 0) is 30.3 Å². The van der Waals surface area contributed by atoms with Crippen LogP contribution >= 0.6 is 11.6 Å². The average Bonchev–Trinajstić information content (AvgIpc) is 2.91. The number of para-hydroxylation sites is 1. The molecule has 1 N–H and O–H groups in total. The first-order valence-corrected chi connectivity index (χ1v) is 6.68. The van der Waals surface area contributed by atoms with Gasteiger partial charge in [-0.1, -0.05) is 29.8 Å². The number of anilines is 1. The fraction of sp³-hybridized carbons (Fsp3) is 0.0625. The minimum atomic E-state index is -0.355. The van der Waals surface area contributed by atoms with Crippen molar-refractivity contribution in [2.24, 2.45) is 0 Å². The molecule has 0 aliphatic rings. The summed E-state index contributed by atoms with van der Waals surface area (Å²) in [7, 11) is 1.53. The molecule has 0 atom stereocenters. The topological polar surface area (TPSA) is 51.5 Å². The van der Waals surface area contributed by atoms with E-state index < -0.39 is 0 Å². The molecule has 2 aromatic carbocycles. The standard InChI is InChI=1S/C16H12ClNO3/c1-20-14-7-6-11(17)9-12(14)18-16(19)15-8-10-4-2-3-5-13(10)21-15/h2-9H,1H3,(H,18,19). The summed E-state index contributed by atoms with van der Waals surface area (Å²) in [6, 6.07) is 14.1. The van der Waals surface area contributed by atoms with Crippen LogP contribution in [0.1, 0.15) is 10.6 Å². The quantitative estimate of drug-likeness (QED) is 0.782. The Labute approximate surface area is 126 Å². The summed E-state index contributed by atoms with van der Waals surface area (Å²) >= 11 is 5.94. The third-order valence-corrected chi connectivity index (χ3v) is 3.29. The minimum absolute atomic E-state index is 0.234. The first-order chi connectivity index (χ1) is 10.2. The number of carbonyl (C=O) groups is 1. The molecule has 3 aromatic rings. The molecule has 0 spiro atoms. The van der Waals surface area contributed by atoms with E-state index in [9.17, 15) is 4.79 Å². The third kappa shape index (κ3) is 2.71. The molecule has 3 rings (SSSR count). The highest BCUT2D eigenvalue weighted by Crippen LogP contribution is 2.28. The van der Waals surface area contributed by atoms with Crippen LogP contribution in [0.15, 0.2) is 52.9 Å². The van der Waals surface area contributed by atoms with Gasteiger partial charge in [-0.25, -0.2) is 0 Å². The molecular weight excluding hydrogens is 290 g/mol. The maximum absolute atomic E-state index is 12.3. The first-order valence-electron chi connectivity index (χ1n) is 6.31. The number of carbonyl (C=O) groups excluding carboxylic acids is 1. The second-order valence-electron chi connectivity index (χ2n) is 4.45. The summed E-state index contributed by atoms with van der Waals surface area (Å²) in [4.78, 5) is 12.3. The molecule has 5 heteroatoms. The van der Waals surface area contributed by atoms with E-state index in [0.29, 0.717) is 22.0 Å². The Morgan fingerprint density at radius 1 is 1.19 bits per heavy atom. The van der Waals surface area contributed by atoms with Gasteiger partial charge in [0.1, 0.15) is 11.3 Å². The zero-order valence-electron chi connectivity index (χ0n) is 11.2. The number of ether oxygens (including phenoxy) is 1. The Morgan fingerprint density at radius 3 is 2.76 bits per heavy atom. The van der Waals surface area contributed by atoms with Crippen LogP contribution in [0.4, 0.5) is 5.69 Å². The van der Waals surface area contributed by atoms with Gasteiger partial charge in [-0.3, -0.25) is 4.79 Å². The van der Waals surface area contributed by atoms with Gasteiger partial charge in [0.2, 0.25) is 0 Å². The third-order valence-electron chi connectivity index (χ3n) is 3.06. The van der Waals surface area contributed by atoms with Gasteiger partial charge >= 0.3 is 0 Å². The number of benzene rings is 2. The van der Waals surface area contributed by atoms with Gasteiger partial charge in [0.15, 0.2) is 5.76 Å². The lowest BCUT2D eigenvalue weighted by Gasteiger charge is -2.09. The lowest BCUT2D eigenvalue weighted by atomic mass is 10.2. The van der Waals surface area contributed by atoms with Gasteiger partial charge < -0.3 is 14.5 Å². The van der Waals surface area contributed by atoms with Gasteiger partial charge in [-0.2, -0.15) is 0 Å². The molecule has 1 amide bonds. The lowest BCUT2D eigenvalue weighted by molar-refractivity contribution is 0.0998. The summed E-state index contributed by atoms with van der Waals surface area (Å²) in [6.07, 6.45) is 0. The zero-order valence-corrected chi connectivity index (χ0v) is 12.0. The summed E-state index contributed by atoms with van der Waals surface area (Å²) in [6.45, 7) is 0. The molecule has 1 heterocycles. The van der Waals surface area contributed by atoms with E-state index in [0.717, 1.165) is 5.39 Å². The number of fused-ring (bicyclic) bond motifs is 1. The van der Waals surface area contributed by atoms with Crippen molar-refractivity contribution in [1.29, 1.82) is 0 Å². The monoisotopic (exact) mass is 301 g/mol. The Bertz CT molecular complexity index is 777. The van der Waals surface area contributed by atoms with Crippen LogP contribution < -0.4 is 10.1 Å². The van der Waals surface area contributed by atoms with Crippen LogP contribution in [0.2, 0.25) is 5.02 Å². The van der Waals surface area contributed by atoms with Crippen LogP contribution in [-0.4, -0.2) is 13.0 Å². The number of nitrogens with one attached hydrogen (secondary N) is 1. The second kappa shape index (κ2) is 5.50. The van der Waals surface area contributed by atoms with Gasteiger partial charge in [-0.15, -0.1) is 0 Å². The normalized spacial score (nSPS) is 10.6. The molecule has 0 aliphatic heterocycles. The Kier molecular flexibility index (Phi) is 3.54. The smallest absolute Gasteiger partial charge is 0.291 e. The fourth-order valence-electron chi connectivity index (χ4n) is 2.06. The first kappa shape index (κ1) is 13.5. The van der Waals surface area contributed by atoms with Crippen LogP contribution in [0.25, 0.3) is 11.0 Å². The van der Waals surface area contributed by atoms with E-state index in [-0.39, 0.29) is 11.7 Å². The number of halogens is 1. The van der Waals surface area contributed by atoms with E-state index >= 15 is 0 Å². The number of amides is 1. The van der Waals surface area contributed by atoms with Gasteiger partial charge in [0.25, 0.3) is 5.91 Å². The fourth-order valence-corrected chi connectivity index (χ4v) is 2.23. The number of furan rings is 1. The summed E-state index contributed by atoms with van der Waals surface area (Å²) in [5.74, 6) is 0.411. The maximum Gasteiger partial charge on any atom is 0.291 e. The summed E-state index contributed by atoms with van der Waals surface area (Å²) in [5.41, 5.74) is 1.16. The minimum Gasteiger partial charge on any atom is -0.495 e. The molecule has 0 radical (unpaired) electrons. The Hall–Kier alpha value is -2.46. The highest BCUT2D eigenvalue weighted by molar-refractivity contribution is 6.31. The molecule has 0 saturated heterocycles. The van der Waals surface area contributed by atoms with E-state index in [4.69, 9.17) is 20.8 Å². The number of rotatable bonds is 3. The highest BCUT2D eigenvalue weighted by Gasteiger charge is 2.14. The van der Waals surface area contributed by atoms with Crippen LogP contribution in [0, 0.1) is 0 Å². The molecule has 4 nitrogen and oxygen atoms in total. The van der Waals surface area contributed by atoms with Crippen molar-refractivity contribution in [2.75, 3.05) is 12.4 Å². The second-order valence-corrected chi connectivity index (χ2v) is 4.88. The van der Waals surface area contributed by atoms with E-state index in [1.54, 1.807) is 24.3 Å². The molecule has 0 bridgehead atoms. The summed E-state index contributed by atoms with van der Waals surface area (Å²) < 4.78 is 10.7. The van der Waals surface area contributed by atoms with Crippen molar-refractivity contribution in [3.63, 3.8) is 0 Å². The summed E-state index contributed by atoms with van der Waals surface area (Å²) in [5, 5.41) is 4.12. The van der Waals surface area contributed by atoms with Crippen molar-refractivity contribution < 1.29 is 13.9 Å². The Balaban J connectivity index is 1.91. The van der Waals surface area contributed by atoms with E-state index in [1.165, 1.54) is 7.11 Å². The number of methoxy groups -OCH3 is 1. The zero-order chi connectivity index (χ0) is 14.8. The van der Waals surface area contributed by atoms with Crippen molar-refractivity contribution in [3.8, 4) is 5.75 Å². The van der Waals surface area contributed by atoms with Crippen molar-refractivity contribution in [3.05, 3.63) is 59.3 Å². The maximum atomic E-state index is 12.3. The molecule has 0 aliphatic carbocycles. The highest BCUT2D eigenvalue weighted by atomic mass is 35.5. The van der Waals surface area contributed by atoms with Gasteiger partial charge in [0.05, 0.1) is 12.8 Å². The van der Waals surface area contributed by atoms with E-state index in [1.807, 2.05) is 24.3 Å². The molecule has 0 fully saturated rings. The molecular formula is C16H12ClNO3. The van der Waals surface area contributed by atoms with Crippen LogP contribution in [0.3, 0.4) is 0 Å². The number of hydrogen-bond acceptors (Lipinski definition) is 3. The lowest BCUT2D eigenvalue weighted by Crippen LogP contribution is -2.11.